The summed E-state index contributed by atoms with van der Waals surface area (Å²) in [4.78, 5) is 59.9. The van der Waals surface area contributed by atoms with E-state index in [2.05, 4.69) is 21.3 Å². The molecule has 0 radical (unpaired) electrons. The van der Waals surface area contributed by atoms with Gasteiger partial charge < -0.3 is 21.3 Å². The highest BCUT2D eigenvalue weighted by atomic mass is 16.2. The van der Waals surface area contributed by atoms with Crippen LogP contribution in [-0.4, -0.2) is 48.0 Å². The van der Waals surface area contributed by atoms with Crippen LogP contribution < -0.4 is 21.3 Å². The van der Waals surface area contributed by atoms with Gasteiger partial charge in [0.1, 0.15) is 6.04 Å². The Hall–Kier alpha value is -3.23. The molecule has 1 heterocycles. The summed E-state index contributed by atoms with van der Waals surface area (Å²) in [6, 6.07) is 7.12. The highest BCUT2D eigenvalue weighted by Gasteiger charge is 2.34. The predicted molar refractivity (Wildman–Crippen MR) is 99.6 cm³/mol. The number of hydrogen-bond donors (Lipinski definition) is 4. The summed E-state index contributed by atoms with van der Waals surface area (Å²) in [6.45, 7) is 3.84. The molecule has 2 rings (SSSR count). The molecular formula is C19H24N4O5. The van der Waals surface area contributed by atoms with Gasteiger partial charge in [0.15, 0.2) is 0 Å². The minimum Gasteiger partial charge on any atom is -0.349 e. The second kappa shape index (κ2) is 9.63. The zero-order chi connectivity index (χ0) is 20.7. The predicted octanol–water partition coefficient (Wildman–Crippen LogP) is -0.983. The van der Waals surface area contributed by atoms with Crippen molar-refractivity contribution in [3.05, 3.63) is 35.9 Å². The first-order chi connectivity index (χ1) is 13.3. The zero-order valence-corrected chi connectivity index (χ0v) is 15.8. The molecule has 1 fully saturated rings. The second-order valence-corrected chi connectivity index (χ2v) is 6.83. The molecule has 9 heteroatoms. The maximum absolute atomic E-state index is 12.5. The largest absolute Gasteiger partial charge is 0.349 e. The number of amides is 4. The molecule has 0 aliphatic carbocycles. The lowest BCUT2D eigenvalue weighted by Crippen LogP contribution is -2.59. The topological polar surface area (TPSA) is 133 Å². The van der Waals surface area contributed by atoms with Crippen LogP contribution in [0.5, 0.6) is 0 Å². The first-order valence-corrected chi connectivity index (χ1v) is 9.04. The molecule has 1 aromatic carbocycles. The molecular weight excluding hydrogens is 364 g/mol. The molecule has 150 valence electrons. The van der Waals surface area contributed by atoms with E-state index in [0.717, 1.165) is 5.56 Å². The highest BCUT2D eigenvalue weighted by Crippen LogP contribution is 2.06. The summed E-state index contributed by atoms with van der Waals surface area (Å²) in [6.07, 6.45) is 0.270. The van der Waals surface area contributed by atoms with Gasteiger partial charge in [0.25, 0.3) is 5.91 Å². The van der Waals surface area contributed by atoms with Crippen molar-refractivity contribution in [2.24, 2.45) is 5.92 Å². The minimum absolute atomic E-state index is 0.178. The fraction of sp³-hybridized carbons (Fsp3) is 0.421. The van der Waals surface area contributed by atoms with Gasteiger partial charge in [-0.15, -0.1) is 0 Å². The number of hydrogen-bond acceptors (Lipinski definition) is 5. The van der Waals surface area contributed by atoms with Crippen molar-refractivity contribution in [3.63, 3.8) is 0 Å². The number of Topliss-reactive ketones (excluding diaryl/α,β-unsaturated/α-hetero) is 1. The van der Waals surface area contributed by atoms with Crippen molar-refractivity contribution in [1.82, 2.24) is 21.3 Å². The monoisotopic (exact) mass is 388 g/mol. The fourth-order valence-corrected chi connectivity index (χ4v) is 2.71. The maximum atomic E-state index is 12.5. The standard InChI is InChI=1S/C19H24N4O5/c1-11(2)14(16(25)22-13-8-9-20-17(26)15(13)24)23-19(28)18(27)21-10-12-6-4-3-5-7-12/h3-7,11,13-14H,8-10H2,1-2H3,(H,20,26)(H,21,27)(H,22,25)(H,23,28). The number of rotatable bonds is 6. The van der Waals surface area contributed by atoms with Gasteiger partial charge in [0.05, 0.1) is 6.04 Å². The lowest BCUT2D eigenvalue weighted by atomic mass is 10.00. The van der Waals surface area contributed by atoms with Gasteiger partial charge in [-0.1, -0.05) is 44.2 Å². The Morgan fingerprint density at radius 2 is 1.79 bits per heavy atom. The van der Waals surface area contributed by atoms with Crippen LogP contribution >= 0.6 is 0 Å². The van der Waals surface area contributed by atoms with Crippen LogP contribution in [0, 0.1) is 5.92 Å². The SMILES string of the molecule is CC(C)C(NC(=O)C(=O)NCc1ccccc1)C(=O)NC1CCNC(=O)C1=O. The summed E-state index contributed by atoms with van der Waals surface area (Å²) in [7, 11) is 0. The number of carbonyl (C=O) groups excluding carboxylic acids is 5. The van der Waals surface area contributed by atoms with Gasteiger partial charge in [-0.2, -0.15) is 0 Å². The molecule has 0 aromatic heterocycles. The summed E-state index contributed by atoms with van der Waals surface area (Å²) in [5.41, 5.74) is 0.830. The van der Waals surface area contributed by atoms with E-state index < -0.39 is 41.5 Å². The summed E-state index contributed by atoms with van der Waals surface area (Å²) < 4.78 is 0. The van der Waals surface area contributed by atoms with Gasteiger partial charge >= 0.3 is 11.8 Å². The molecule has 4 amide bonds. The molecule has 0 saturated carbocycles. The van der Waals surface area contributed by atoms with Crippen molar-refractivity contribution in [2.45, 2.75) is 38.9 Å². The molecule has 2 atom stereocenters. The molecule has 1 saturated heterocycles. The summed E-state index contributed by atoms with van der Waals surface area (Å²) >= 11 is 0. The number of carbonyl (C=O) groups is 5. The van der Waals surface area contributed by atoms with Crippen LogP contribution in [0.3, 0.4) is 0 Å². The van der Waals surface area contributed by atoms with Crippen molar-refractivity contribution >= 4 is 29.4 Å². The lowest BCUT2D eigenvalue weighted by molar-refractivity contribution is -0.143. The van der Waals surface area contributed by atoms with E-state index in [4.69, 9.17) is 0 Å². The van der Waals surface area contributed by atoms with Crippen LogP contribution in [-0.2, 0) is 30.5 Å². The lowest BCUT2D eigenvalue weighted by Gasteiger charge is -2.26. The fourth-order valence-electron chi connectivity index (χ4n) is 2.71. The number of piperidine rings is 1. The molecule has 0 spiro atoms. The van der Waals surface area contributed by atoms with E-state index in [9.17, 15) is 24.0 Å². The Morgan fingerprint density at radius 3 is 2.43 bits per heavy atom. The minimum atomic E-state index is -1.02. The van der Waals surface area contributed by atoms with E-state index in [1.807, 2.05) is 18.2 Å². The molecule has 1 aromatic rings. The molecule has 9 nitrogen and oxygen atoms in total. The van der Waals surface area contributed by atoms with Crippen LogP contribution in [0.4, 0.5) is 0 Å². The molecule has 1 aliphatic heterocycles. The third-order valence-corrected chi connectivity index (χ3v) is 4.31. The van der Waals surface area contributed by atoms with Gasteiger partial charge in [0, 0.05) is 13.1 Å². The van der Waals surface area contributed by atoms with Gasteiger partial charge in [-0.05, 0) is 17.9 Å². The van der Waals surface area contributed by atoms with E-state index >= 15 is 0 Å². The molecule has 1 aliphatic rings. The van der Waals surface area contributed by atoms with Crippen LogP contribution in [0.1, 0.15) is 25.8 Å². The molecule has 28 heavy (non-hydrogen) atoms. The van der Waals surface area contributed by atoms with Crippen molar-refractivity contribution < 1.29 is 24.0 Å². The van der Waals surface area contributed by atoms with Gasteiger partial charge in [-0.3, -0.25) is 24.0 Å². The zero-order valence-electron chi connectivity index (χ0n) is 15.8. The molecule has 2 unspecified atom stereocenters. The van der Waals surface area contributed by atoms with E-state index in [-0.39, 0.29) is 25.4 Å². The Balaban J connectivity index is 1.92. The Bertz CT molecular complexity index is 763. The van der Waals surface area contributed by atoms with E-state index in [1.54, 1.807) is 26.0 Å². The quantitative estimate of drug-likeness (QED) is 0.465. The maximum Gasteiger partial charge on any atom is 0.309 e. The number of nitrogens with one attached hydrogen (secondary N) is 4. The molecule has 4 N–H and O–H groups in total. The third kappa shape index (κ3) is 5.63. The van der Waals surface area contributed by atoms with Crippen molar-refractivity contribution in [2.75, 3.05) is 6.54 Å². The average Bonchev–Trinajstić information content (AvgIpc) is 2.68. The number of ketones is 1. The average molecular weight is 388 g/mol. The second-order valence-electron chi connectivity index (χ2n) is 6.83. The Labute approximate surface area is 162 Å². The smallest absolute Gasteiger partial charge is 0.309 e. The van der Waals surface area contributed by atoms with E-state index in [1.165, 1.54) is 0 Å². The van der Waals surface area contributed by atoms with Crippen molar-refractivity contribution in [1.29, 1.82) is 0 Å². The Kier molecular flexibility index (Phi) is 7.25. The normalized spacial score (nSPS) is 17.5. The first kappa shape index (κ1) is 21.1. The van der Waals surface area contributed by atoms with Gasteiger partial charge in [0.2, 0.25) is 11.7 Å². The van der Waals surface area contributed by atoms with Gasteiger partial charge in [-0.25, -0.2) is 0 Å². The first-order valence-electron chi connectivity index (χ1n) is 9.04. The molecule has 0 bridgehead atoms. The van der Waals surface area contributed by atoms with Crippen LogP contribution in [0.25, 0.3) is 0 Å². The van der Waals surface area contributed by atoms with E-state index in [0.29, 0.717) is 0 Å². The summed E-state index contributed by atoms with van der Waals surface area (Å²) in [5.74, 6) is -4.24. The Morgan fingerprint density at radius 1 is 1.11 bits per heavy atom. The van der Waals surface area contributed by atoms with Crippen LogP contribution in [0.15, 0.2) is 30.3 Å². The van der Waals surface area contributed by atoms with Crippen molar-refractivity contribution in [3.8, 4) is 0 Å². The summed E-state index contributed by atoms with van der Waals surface area (Å²) in [5, 5.41) is 9.77. The highest BCUT2D eigenvalue weighted by molar-refractivity contribution is 6.39. The van der Waals surface area contributed by atoms with Crippen LogP contribution in [0.2, 0.25) is 0 Å². The third-order valence-electron chi connectivity index (χ3n) is 4.31. The number of benzene rings is 1.